The third kappa shape index (κ3) is 5.74. The van der Waals surface area contributed by atoms with E-state index in [4.69, 9.17) is 14.0 Å². The van der Waals surface area contributed by atoms with E-state index in [-0.39, 0.29) is 13.2 Å². The van der Waals surface area contributed by atoms with Crippen LogP contribution < -0.4 is 4.74 Å². The van der Waals surface area contributed by atoms with Crippen molar-refractivity contribution in [2.75, 3.05) is 6.61 Å². The smallest absolute Gasteiger partial charge is 0.341 e. The first-order valence-corrected chi connectivity index (χ1v) is 10.6. The second-order valence-electron chi connectivity index (χ2n) is 7.23. The molecule has 8 heteroatoms. The van der Waals surface area contributed by atoms with Gasteiger partial charge in [0.2, 0.25) is 11.7 Å². The van der Waals surface area contributed by atoms with Gasteiger partial charge in [-0.15, -0.1) is 0 Å². The van der Waals surface area contributed by atoms with Crippen LogP contribution >= 0.6 is 0 Å². The minimum absolute atomic E-state index is 0.206. The molecule has 4 rings (SSSR count). The Morgan fingerprint density at radius 2 is 1.91 bits per heavy atom. The van der Waals surface area contributed by atoms with Gasteiger partial charge < -0.3 is 18.6 Å². The molecule has 2 heterocycles. The number of aromatic nitrogens is 4. The molecule has 2 aromatic heterocycles. The number of esters is 1. The monoisotopic (exact) mass is 444 g/mol. The van der Waals surface area contributed by atoms with E-state index in [1.807, 2.05) is 65.4 Å². The van der Waals surface area contributed by atoms with Crippen molar-refractivity contribution < 1.29 is 18.8 Å². The van der Waals surface area contributed by atoms with Crippen molar-refractivity contribution in [2.24, 2.45) is 0 Å². The number of rotatable bonds is 9. The fraction of sp³-hybridized carbons (Fsp3) is 0.200. The molecule has 33 heavy (non-hydrogen) atoms. The van der Waals surface area contributed by atoms with Crippen molar-refractivity contribution in [3.05, 3.63) is 95.7 Å². The van der Waals surface area contributed by atoms with E-state index >= 15 is 0 Å². The van der Waals surface area contributed by atoms with E-state index in [1.165, 1.54) is 0 Å². The van der Waals surface area contributed by atoms with Crippen molar-refractivity contribution in [2.45, 2.75) is 27.0 Å². The van der Waals surface area contributed by atoms with Gasteiger partial charge in [0, 0.05) is 25.9 Å². The Balaban J connectivity index is 1.55. The molecule has 0 amide bonds. The number of carbonyl (C=O) groups excluding carboxylic acids is 1. The van der Waals surface area contributed by atoms with Gasteiger partial charge in [0.05, 0.1) is 6.61 Å². The fourth-order valence-corrected chi connectivity index (χ4v) is 3.26. The molecule has 0 spiro atoms. The second kappa shape index (κ2) is 10.4. The van der Waals surface area contributed by atoms with Gasteiger partial charge in [-0.1, -0.05) is 47.6 Å². The zero-order valence-corrected chi connectivity index (χ0v) is 18.5. The zero-order chi connectivity index (χ0) is 23.0. The lowest BCUT2D eigenvalue weighted by Crippen LogP contribution is -2.12. The van der Waals surface area contributed by atoms with Crippen molar-refractivity contribution in [3.8, 4) is 5.75 Å². The summed E-state index contributed by atoms with van der Waals surface area (Å²) in [5.74, 6) is 1.74. The molecule has 0 saturated carbocycles. The lowest BCUT2D eigenvalue weighted by molar-refractivity contribution is -0.136. The van der Waals surface area contributed by atoms with Crippen LogP contribution in [0.1, 0.15) is 35.6 Å². The maximum absolute atomic E-state index is 12.8. The standard InChI is InChI=1S/C25H24N4O4/c1-3-31-25(30)22(24-26-13-14-29(24)16-20-7-5-4-6-8-20)15-19-9-11-21(12-10-19)32-17-23-27-18(2)33-28-23/h4-15H,3,16-17H2,1-2H3/b22-15+. The van der Waals surface area contributed by atoms with Crippen molar-refractivity contribution in [1.29, 1.82) is 0 Å². The van der Waals surface area contributed by atoms with Crippen LogP contribution in [0.4, 0.5) is 0 Å². The average Bonchev–Trinajstić information content (AvgIpc) is 3.46. The van der Waals surface area contributed by atoms with E-state index in [9.17, 15) is 4.79 Å². The summed E-state index contributed by atoms with van der Waals surface area (Å²) in [7, 11) is 0. The Morgan fingerprint density at radius 1 is 1.12 bits per heavy atom. The maximum Gasteiger partial charge on any atom is 0.341 e. The molecule has 0 fully saturated rings. The van der Waals surface area contributed by atoms with Crippen molar-refractivity contribution >= 4 is 17.6 Å². The van der Waals surface area contributed by atoms with E-state index in [2.05, 4.69) is 15.1 Å². The number of carbonyl (C=O) groups is 1. The third-order valence-electron chi connectivity index (χ3n) is 4.78. The van der Waals surface area contributed by atoms with Gasteiger partial charge in [-0.25, -0.2) is 9.78 Å². The molecule has 0 aliphatic carbocycles. The van der Waals surface area contributed by atoms with Crippen LogP contribution in [-0.4, -0.2) is 32.3 Å². The predicted octanol–water partition coefficient (Wildman–Crippen LogP) is 4.31. The first-order valence-electron chi connectivity index (χ1n) is 10.6. The Kier molecular flexibility index (Phi) is 6.94. The summed E-state index contributed by atoms with van der Waals surface area (Å²) < 4.78 is 17.9. The number of imidazole rings is 1. The lowest BCUT2D eigenvalue weighted by Gasteiger charge is -2.11. The predicted molar refractivity (Wildman–Crippen MR) is 122 cm³/mol. The van der Waals surface area contributed by atoms with Crippen LogP contribution in [0.2, 0.25) is 0 Å². The number of aryl methyl sites for hydroxylation is 1. The highest BCUT2D eigenvalue weighted by molar-refractivity contribution is 6.20. The Hall–Kier alpha value is -4.20. The highest BCUT2D eigenvalue weighted by Crippen LogP contribution is 2.22. The molecular formula is C25H24N4O4. The van der Waals surface area contributed by atoms with Gasteiger partial charge in [-0.3, -0.25) is 0 Å². The van der Waals surface area contributed by atoms with Crippen molar-refractivity contribution in [1.82, 2.24) is 19.7 Å². The van der Waals surface area contributed by atoms with Crippen LogP contribution in [0.15, 0.2) is 71.5 Å². The largest absolute Gasteiger partial charge is 0.485 e. The highest BCUT2D eigenvalue weighted by atomic mass is 16.5. The van der Waals surface area contributed by atoms with Crippen LogP contribution in [0.5, 0.6) is 5.75 Å². The van der Waals surface area contributed by atoms with Crippen LogP contribution in [0, 0.1) is 6.92 Å². The molecular weight excluding hydrogens is 420 g/mol. The molecule has 8 nitrogen and oxygen atoms in total. The minimum atomic E-state index is -0.425. The maximum atomic E-state index is 12.8. The molecule has 0 bridgehead atoms. The molecule has 0 atom stereocenters. The summed E-state index contributed by atoms with van der Waals surface area (Å²) in [5.41, 5.74) is 2.31. The number of benzene rings is 2. The highest BCUT2D eigenvalue weighted by Gasteiger charge is 2.19. The lowest BCUT2D eigenvalue weighted by atomic mass is 10.1. The van der Waals surface area contributed by atoms with Crippen LogP contribution in [-0.2, 0) is 22.7 Å². The Labute approximate surface area is 191 Å². The SMILES string of the molecule is CCOC(=O)/C(=C/c1ccc(OCc2noc(C)n2)cc1)c1nccn1Cc1ccccc1. The molecule has 0 saturated heterocycles. The summed E-state index contributed by atoms with van der Waals surface area (Å²) >= 11 is 0. The minimum Gasteiger partial charge on any atom is -0.485 e. The number of ether oxygens (including phenoxy) is 2. The van der Waals surface area contributed by atoms with E-state index in [0.717, 1.165) is 11.1 Å². The summed E-state index contributed by atoms with van der Waals surface area (Å²) in [4.78, 5) is 21.3. The van der Waals surface area contributed by atoms with Crippen LogP contribution in [0.3, 0.4) is 0 Å². The first kappa shape index (κ1) is 22.0. The van der Waals surface area contributed by atoms with E-state index < -0.39 is 5.97 Å². The number of hydrogen-bond acceptors (Lipinski definition) is 7. The summed E-state index contributed by atoms with van der Waals surface area (Å²) in [6.45, 7) is 4.58. The first-order chi connectivity index (χ1) is 16.1. The number of hydrogen-bond donors (Lipinski definition) is 0. The molecule has 0 aliphatic rings. The van der Waals surface area contributed by atoms with E-state index in [1.54, 1.807) is 26.1 Å². The normalized spacial score (nSPS) is 11.4. The average molecular weight is 444 g/mol. The van der Waals surface area contributed by atoms with Gasteiger partial charge >= 0.3 is 5.97 Å². The Bertz CT molecular complexity index is 1230. The summed E-state index contributed by atoms with van der Waals surface area (Å²) in [6, 6.07) is 17.4. The summed E-state index contributed by atoms with van der Waals surface area (Å²) in [5, 5.41) is 3.81. The van der Waals surface area contributed by atoms with Gasteiger partial charge in [0.1, 0.15) is 17.1 Å². The van der Waals surface area contributed by atoms with Gasteiger partial charge in [-0.05, 0) is 36.3 Å². The molecule has 0 N–H and O–H groups in total. The number of nitrogens with zero attached hydrogens (tertiary/aromatic N) is 4. The molecule has 2 aromatic carbocycles. The van der Waals surface area contributed by atoms with Crippen molar-refractivity contribution in [3.63, 3.8) is 0 Å². The van der Waals surface area contributed by atoms with Crippen LogP contribution in [0.25, 0.3) is 11.6 Å². The van der Waals surface area contributed by atoms with Gasteiger partial charge in [-0.2, -0.15) is 4.98 Å². The van der Waals surface area contributed by atoms with Gasteiger partial charge in [0.15, 0.2) is 6.61 Å². The summed E-state index contributed by atoms with van der Waals surface area (Å²) in [6.07, 6.45) is 5.31. The molecule has 0 unspecified atom stereocenters. The Morgan fingerprint density at radius 3 is 2.61 bits per heavy atom. The third-order valence-corrected chi connectivity index (χ3v) is 4.78. The molecule has 0 aliphatic heterocycles. The van der Waals surface area contributed by atoms with E-state index in [0.29, 0.717) is 35.4 Å². The zero-order valence-electron chi connectivity index (χ0n) is 18.5. The second-order valence-corrected chi connectivity index (χ2v) is 7.23. The quantitative estimate of drug-likeness (QED) is 0.281. The molecule has 4 aromatic rings. The molecule has 0 radical (unpaired) electrons. The fourth-order valence-electron chi connectivity index (χ4n) is 3.26. The van der Waals surface area contributed by atoms with Gasteiger partial charge in [0.25, 0.3) is 0 Å². The molecule has 168 valence electrons. The topological polar surface area (TPSA) is 92.3 Å².